The van der Waals surface area contributed by atoms with E-state index in [0.29, 0.717) is 5.92 Å². The summed E-state index contributed by atoms with van der Waals surface area (Å²) in [6.07, 6.45) is 6.68. The van der Waals surface area contributed by atoms with Gasteiger partial charge in [0.2, 0.25) is 0 Å². The summed E-state index contributed by atoms with van der Waals surface area (Å²) in [5.41, 5.74) is 2.97. The van der Waals surface area contributed by atoms with E-state index < -0.39 is 0 Å². The van der Waals surface area contributed by atoms with Crippen LogP contribution in [0.2, 0.25) is 0 Å². The van der Waals surface area contributed by atoms with Gasteiger partial charge in [-0.15, -0.1) is 0 Å². The Labute approximate surface area is 68.8 Å². The Morgan fingerprint density at radius 2 is 2.09 bits per heavy atom. The molecule has 1 heteroatoms. The lowest BCUT2D eigenvalue weighted by Gasteiger charge is -2.04. The van der Waals surface area contributed by atoms with Gasteiger partial charge in [0.05, 0.1) is 0 Å². The number of rotatable bonds is 3. The molecule has 0 atom stereocenters. The van der Waals surface area contributed by atoms with Crippen LogP contribution in [0.4, 0.5) is 0 Å². The third-order valence-corrected chi connectivity index (χ3v) is 2.01. The number of aromatic amines is 1. The van der Waals surface area contributed by atoms with Crippen molar-refractivity contribution in [1.82, 2.24) is 4.98 Å². The molecule has 1 heterocycles. The second-order valence-corrected chi connectivity index (χ2v) is 3.34. The van der Waals surface area contributed by atoms with Gasteiger partial charge in [0.25, 0.3) is 0 Å². The predicted octanol–water partition coefficient (Wildman–Crippen LogP) is 3.09. The highest BCUT2D eigenvalue weighted by Gasteiger charge is 2.05. The molecule has 0 aliphatic rings. The minimum atomic E-state index is 0.655. The van der Waals surface area contributed by atoms with Crippen LogP contribution in [-0.4, -0.2) is 4.98 Å². The third-order valence-electron chi connectivity index (χ3n) is 2.01. The van der Waals surface area contributed by atoms with Crippen molar-refractivity contribution in [2.75, 3.05) is 0 Å². The lowest BCUT2D eigenvalue weighted by Crippen LogP contribution is -1.90. The summed E-state index contributed by atoms with van der Waals surface area (Å²) in [5.74, 6) is 0.655. The highest BCUT2D eigenvalue weighted by molar-refractivity contribution is 5.26. The molecule has 1 rings (SSSR count). The molecule has 1 nitrogen and oxygen atoms in total. The first-order chi connectivity index (χ1) is 5.25. The highest BCUT2D eigenvalue weighted by atomic mass is 14.6. The standard InChI is InChI=1S/C10H17N/c1-4-5-9-6-11-7-10(9)8(2)3/h6-8,11H,4-5H2,1-3H3. The largest absolute Gasteiger partial charge is 0.367 e. The van der Waals surface area contributed by atoms with E-state index in [9.17, 15) is 0 Å². The summed E-state index contributed by atoms with van der Waals surface area (Å²) in [6, 6.07) is 0. The van der Waals surface area contributed by atoms with Crippen LogP contribution in [0.5, 0.6) is 0 Å². The van der Waals surface area contributed by atoms with Crippen molar-refractivity contribution >= 4 is 0 Å². The molecule has 0 bridgehead atoms. The van der Waals surface area contributed by atoms with E-state index in [1.807, 2.05) is 0 Å². The third kappa shape index (κ3) is 1.86. The molecule has 1 N–H and O–H groups in total. The number of aryl methyl sites for hydroxylation is 1. The van der Waals surface area contributed by atoms with Gasteiger partial charge in [0.1, 0.15) is 0 Å². The zero-order valence-corrected chi connectivity index (χ0v) is 7.65. The Bertz CT molecular complexity index is 210. The van der Waals surface area contributed by atoms with E-state index in [1.54, 1.807) is 0 Å². The lowest BCUT2D eigenvalue weighted by molar-refractivity contribution is 0.828. The molecule has 0 radical (unpaired) electrons. The molecule has 0 saturated heterocycles. The van der Waals surface area contributed by atoms with Crippen molar-refractivity contribution in [3.8, 4) is 0 Å². The van der Waals surface area contributed by atoms with E-state index in [2.05, 4.69) is 38.1 Å². The van der Waals surface area contributed by atoms with Crippen molar-refractivity contribution in [3.05, 3.63) is 23.5 Å². The molecule has 0 amide bonds. The summed E-state index contributed by atoms with van der Waals surface area (Å²) in [5, 5.41) is 0. The van der Waals surface area contributed by atoms with E-state index in [0.717, 1.165) is 0 Å². The normalized spacial score (nSPS) is 10.9. The van der Waals surface area contributed by atoms with Gasteiger partial charge in [0, 0.05) is 12.4 Å². The Morgan fingerprint density at radius 3 is 2.64 bits per heavy atom. The zero-order chi connectivity index (χ0) is 8.27. The number of nitrogens with one attached hydrogen (secondary N) is 1. The van der Waals surface area contributed by atoms with Gasteiger partial charge in [-0.2, -0.15) is 0 Å². The first-order valence-corrected chi connectivity index (χ1v) is 4.41. The molecule has 0 spiro atoms. The summed E-state index contributed by atoms with van der Waals surface area (Å²) < 4.78 is 0. The fourth-order valence-electron chi connectivity index (χ4n) is 1.43. The van der Waals surface area contributed by atoms with Crippen LogP contribution in [-0.2, 0) is 6.42 Å². The number of hydrogen-bond acceptors (Lipinski definition) is 0. The van der Waals surface area contributed by atoms with Crippen molar-refractivity contribution in [1.29, 1.82) is 0 Å². The monoisotopic (exact) mass is 151 g/mol. The molecule has 0 aliphatic heterocycles. The summed E-state index contributed by atoms with van der Waals surface area (Å²) in [4.78, 5) is 3.16. The lowest BCUT2D eigenvalue weighted by atomic mass is 10.00. The predicted molar refractivity (Wildman–Crippen MR) is 48.9 cm³/mol. The van der Waals surface area contributed by atoms with Crippen molar-refractivity contribution in [3.63, 3.8) is 0 Å². The van der Waals surface area contributed by atoms with Crippen LogP contribution >= 0.6 is 0 Å². The van der Waals surface area contributed by atoms with E-state index >= 15 is 0 Å². The van der Waals surface area contributed by atoms with E-state index in [1.165, 1.54) is 24.0 Å². The van der Waals surface area contributed by atoms with Crippen LogP contribution < -0.4 is 0 Å². The molecular weight excluding hydrogens is 134 g/mol. The molecular formula is C10H17N. The van der Waals surface area contributed by atoms with Gasteiger partial charge in [-0.3, -0.25) is 0 Å². The molecule has 0 aliphatic carbocycles. The topological polar surface area (TPSA) is 15.8 Å². The van der Waals surface area contributed by atoms with Crippen LogP contribution in [0.15, 0.2) is 12.4 Å². The van der Waals surface area contributed by atoms with Gasteiger partial charge in [-0.1, -0.05) is 27.2 Å². The minimum Gasteiger partial charge on any atom is -0.367 e. The molecule has 0 aromatic carbocycles. The number of hydrogen-bond donors (Lipinski definition) is 1. The second-order valence-electron chi connectivity index (χ2n) is 3.34. The van der Waals surface area contributed by atoms with E-state index in [-0.39, 0.29) is 0 Å². The van der Waals surface area contributed by atoms with Crippen LogP contribution in [0.25, 0.3) is 0 Å². The zero-order valence-electron chi connectivity index (χ0n) is 7.65. The second kappa shape index (κ2) is 3.61. The van der Waals surface area contributed by atoms with Crippen molar-refractivity contribution in [2.24, 2.45) is 0 Å². The summed E-state index contributed by atoms with van der Waals surface area (Å²) in [7, 11) is 0. The van der Waals surface area contributed by atoms with Crippen molar-refractivity contribution in [2.45, 2.75) is 39.5 Å². The molecule has 1 aromatic rings. The maximum absolute atomic E-state index is 3.16. The SMILES string of the molecule is CCCc1c[nH]cc1C(C)C. The first kappa shape index (κ1) is 8.38. The average Bonchev–Trinajstić information content (AvgIpc) is 2.36. The van der Waals surface area contributed by atoms with Gasteiger partial charge in [-0.05, 0) is 23.5 Å². The average molecular weight is 151 g/mol. The molecule has 1 aromatic heterocycles. The van der Waals surface area contributed by atoms with Crippen LogP contribution in [0.1, 0.15) is 44.2 Å². The quantitative estimate of drug-likeness (QED) is 0.683. The highest BCUT2D eigenvalue weighted by Crippen LogP contribution is 2.19. The van der Waals surface area contributed by atoms with E-state index in [4.69, 9.17) is 0 Å². The Hall–Kier alpha value is -0.720. The van der Waals surface area contributed by atoms with Crippen molar-refractivity contribution < 1.29 is 0 Å². The van der Waals surface area contributed by atoms with Gasteiger partial charge in [-0.25, -0.2) is 0 Å². The molecule has 11 heavy (non-hydrogen) atoms. The maximum Gasteiger partial charge on any atom is 0.00428 e. The number of aromatic nitrogens is 1. The Morgan fingerprint density at radius 1 is 1.36 bits per heavy atom. The van der Waals surface area contributed by atoms with Gasteiger partial charge < -0.3 is 4.98 Å². The maximum atomic E-state index is 3.16. The minimum absolute atomic E-state index is 0.655. The Kier molecular flexibility index (Phi) is 2.75. The summed E-state index contributed by atoms with van der Waals surface area (Å²) >= 11 is 0. The summed E-state index contributed by atoms with van der Waals surface area (Å²) in [6.45, 7) is 6.70. The fourth-order valence-corrected chi connectivity index (χ4v) is 1.43. The molecule has 0 saturated carbocycles. The smallest absolute Gasteiger partial charge is 0.00428 e. The van der Waals surface area contributed by atoms with Gasteiger partial charge >= 0.3 is 0 Å². The van der Waals surface area contributed by atoms with Gasteiger partial charge in [0.15, 0.2) is 0 Å². The van der Waals surface area contributed by atoms with Crippen LogP contribution in [0, 0.1) is 0 Å². The van der Waals surface area contributed by atoms with Crippen LogP contribution in [0.3, 0.4) is 0 Å². The molecule has 0 unspecified atom stereocenters. The fraction of sp³-hybridized carbons (Fsp3) is 0.600. The number of H-pyrrole nitrogens is 1. The molecule has 62 valence electrons. The first-order valence-electron chi connectivity index (χ1n) is 4.41. The molecule has 0 fully saturated rings. The Balaban J connectivity index is 2.78.